The van der Waals surface area contributed by atoms with Crippen LogP contribution >= 0.6 is 0 Å². The molecular weight excluding hydrogens is 444 g/mol. The van der Waals surface area contributed by atoms with Gasteiger partial charge in [0.25, 0.3) is 5.56 Å². The van der Waals surface area contributed by atoms with Crippen LogP contribution in [0.4, 0.5) is 0 Å². The van der Waals surface area contributed by atoms with E-state index in [0.717, 1.165) is 19.3 Å². The molecule has 2 heterocycles. The number of piperidine rings is 1. The molecule has 1 aliphatic rings. The number of para-hydroxylation sites is 1. The lowest BCUT2D eigenvalue weighted by Crippen LogP contribution is -2.36. The molecule has 0 atom stereocenters. The van der Waals surface area contributed by atoms with E-state index < -0.39 is 21.3 Å². The van der Waals surface area contributed by atoms with E-state index in [1.807, 2.05) is 0 Å². The first-order valence-electron chi connectivity index (χ1n) is 10.9. The number of aromatic nitrogens is 2. The maximum Gasteiger partial charge on any atom is 0.328 e. The van der Waals surface area contributed by atoms with Crippen molar-refractivity contribution >= 4 is 26.8 Å². The fourth-order valence-corrected chi connectivity index (χ4v) is 5.84. The fraction of sp³-hybridized carbons (Fsp3) is 0.348. The molecule has 9 nitrogen and oxygen atoms in total. The van der Waals surface area contributed by atoms with Crippen molar-refractivity contribution in [2.45, 2.75) is 43.7 Å². The normalized spacial score (nSPS) is 14.9. The molecule has 1 aliphatic heterocycles. The molecule has 1 fully saturated rings. The van der Waals surface area contributed by atoms with E-state index in [9.17, 15) is 22.8 Å². The molecule has 3 aromatic rings. The highest BCUT2D eigenvalue weighted by molar-refractivity contribution is 7.89. The number of aromatic amines is 1. The summed E-state index contributed by atoms with van der Waals surface area (Å²) in [5.41, 5.74) is -0.0765. The minimum Gasteiger partial charge on any atom is -0.352 e. The van der Waals surface area contributed by atoms with Crippen LogP contribution in [0.3, 0.4) is 0 Å². The van der Waals surface area contributed by atoms with E-state index in [0.29, 0.717) is 29.6 Å². The summed E-state index contributed by atoms with van der Waals surface area (Å²) in [6, 6.07) is 13.4. The standard InChI is InChI=1S/C23H26N4O5S/c28-21(12-15-27-19-10-4-3-9-18(19)22(29)25-23(27)30)24-16-17-8-2-5-11-20(17)33(31,32)26-13-6-1-7-14-26/h2-5,8-11H,1,6-7,12-16H2,(H,24,28)(H,25,29,30). The number of benzene rings is 2. The van der Waals surface area contributed by atoms with Crippen molar-refractivity contribution in [3.8, 4) is 0 Å². The second kappa shape index (κ2) is 9.72. The van der Waals surface area contributed by atoms with Gasteiger partial charge in [-0.2, -0.15) is 4.31 Å². The Labute approximate surface area is 191 Å². The monoisotopic (exact) mass is 470 g/mol. The highest BCUT2D eigenvalue weighted by Gasteiger charge is 2.27. The summed E-state index contributed by atoms with van der Waals surface area (Å²) >= 11 is 0. The molecule has 1 aromatic heterocycles. The molecule has 2 N–H and O–H groups in total. The molecule has 0 saturated carbocycles. The number of carbonyl (C=O) groups excluding carboxylic acids is 1. The summed E-state index contributed by atoms with van der Waals surface area (Å²) in [6.07, 6.45) is 2.71. The van der Waals surface area contributed by atoms with Crippen molar-refractivity contribution in [3.63, 3.8) is 0 Å². The Bertz CT molecular complexity index is 1390. The molecular formula is C23H26N4O5S. The van der Waals surface area contributed by atoms with E-state index in [2.05, 4.69) is 10.3 Å². The van der Waals surface area contributed by atoms with Crippen LogP contribution in [0.25, 0.3) is 10.9 Å². The molecule has 174 valence electrons. The number of hydrogen-bond acceptors (Lipinski definition) is 5. The molecule has 2 aromatic carbocycles. The highest BCUT2D eigenvalue weighted by atomic mass is 32.2. The van der Waals surface area contributed by atoms with E-state index in [1.165, 1.54) is 8.87 Å². The maximum atomic E-state index is 13.1. The fourth-order valence-electron chi connectivity index (χ4n) is 4.11. The summed E-state index contributed by atoms with van der Waals surface area (Å²) < 4.78 is 29.1. The second-order valence-electron chi connectivity index (χ2n) is 8.03. The zero-order chi connectivity index (χ0) is 23.4. The minimum atomic E-state index is -3.63. The van der Waals surface area contributed by atoms with Crippen LogP contribution < -0.4 is 16.6 Å². The predicted octanol–water partition coefficient (Wildman–Crippen LogP) is 1.57. The Balaban J connectivity index is 1.45. The van der Waals surface area contributed by atoms with Crippen molar-refractivity contribution in [2.24, 2.45) is 0 Å². The van der Waals surface area contributed by atoms with Crippen molar-refractivity contribution in [1.29, 1.82) is 0 Å². The minimum absolute atomic E-state index is 0.00299. The number of nitrogens with one attached hydrogen (secondary N) is 2. The molecule has 0 spiro atoms. The Morgan fingerprint density at radius 1 is 0.970 bits per heavy atom. The molecule has 4 rings (SSSR count). The van der Waals surface area contributed by atoms with Gasteiger partial charge in [-0.05, 0) is 36.6 Å². The summed E-state index contributed by atoms with van der Waals surface area (Å²) in [5.74, 6) is -0.331. The van der Waals surface area contributed by atoms with Gasteiger partial charge in [-0.3, -0.25) is 19.1 Å². The lowest BCUT2D eigenvalue weighted by atomic mass is 10.2. The van der Waals surface area contributed by atoms with Gasteiger partial charge < -0.3 is 5.32 Å². The van der Waals surface area contributed by atoms with Crippen molar-refractivity contribution in [3.05, 3.63) is 74.9 Å². The van der Waals surface area contributed by atoms with E-state index in [1.54, 1.807) is 48.5 Å². The highest BCUT2D eigenvalue weighted by Crippen LogP contribution is 2.23. The van der Waals surface area contributed by atoms with Crippen LogP contribution in [0.2, 0.25) is 0 Å². The SMILES string of the molecule is O=C(CCn1c(=O)[nH]c(=O)c2ccccc21)NCc1ccccc1S(=O)(=O)N1CCCCC1. The number of hydrogen-bond donors (Lipinski definition) is 2. The zero-order valence-electron chi connectivity index (χ0n) is 18.1. The molecule has 1 saturated heterocycles. The van der Waals surface area contributed by atoms with Crippen molar-refractivity contribution in [1.82, 2.24) is 19.2 Å². The third-order valence-corrected chi connectivity index (χ3v) is 7.85. The third-order valence-electron chi connectivity index (χ3n) is 5.85. The first-order chi connectivity index (χ1) is 15.9. The van der Waals surface area contributed by atoms with Crippen LogP contribution in [-0.2, 0) is 27.9 Å². The van der Waals surface area contributed by atoms with Crippen LogP contribution in [0.15, 0.2) is 63.0 Å². The Morgan fingerprint density at radius 3 is 2.45 bits per heavy atom. The largest absolute Gasteiger partial charge is 0.352 e. The quantitative estimate of drug-likeness (QED) is 0.543. The van der Waals surface area contributed by atoms with Gasteiger partial charge >= 0.3 is 5.69 Å². The lowest BCUT2D eigenvalue weighted by Gasteiger charge is -2.26. The topological polar surface area (TPSA) is 121 Å². The molecule has 0 bridgehead atoms. The number of rotatable bonds is 7. The van der Waals surface area contributed by atoms with Gasteiger partial charge in [0.05, 0.1) is 15.8 Å². The summed E-state index contributed by atoms with van der Waals surface area (Å²) in [6.45, 7) is 1.15. The van der Waals surface area contributed by atoms with E-state index in [-0.39, 0.29) is 30.3 Å². The van der Waals surface area contributed by atoms with Crippen LogP contribution in [0.5, 0.6) is 0 Å². The van der Waals surface area contributed by atoms with Gasteiger partial charge in [0, 0.05) is 32.6 Å². The Hall–Kier alpha value is -3.24. The van der Waals surface area contributed by atoms with Gasteiger partial charge in [0.1, 0.15) is 0 Å². The third kappa shape index (κ3) is 4.91. The lowest BCUT2D eigenvalue weighted by molar-refractivity contribution is -0.121. The molecule has 1 amide bonds. The Kier molecular flexibility index (Phi) is 6.75. The van der Waals surface area contributed by atoms with E-state index >= 15 is 0 Å². The summed E-state index contributed by atoms with van der Waals surface area (Å²) in [4.78, 5) is 39.2. The first-order valence-corrected chi connectivity index (χ1v) is 12.4. The van der Waals surface area contributed by atoms with Crippen LogP contribution in [0.1, 0.15) is 31.2 Å². The number of aryl methyl sites for hydroxylation is 1. The molecule has 33 heavy (non-hydrogen) atoms. The van der Waals surface area contributed by atoms with Gasteiger partial charge in [-0.15, -0.1) is 0 Å². The number of carbonyl (C=O) groups is 1. The molecule has 10 heteroatoms. The Morgan fingerprint density at radius 2 is 1.67 bits per heavy atom. The van der Waals surface area contributed by atoms with Crippen LogP contribution in [0, 0.1) is 0 Å². The van der Waals surface area contributed by atoms with Crippen molar-refractivity contribution < 1.29 is 13.2 Å². The zero-order valence-corrected chi connectivity index (χ0v) is 18.9. The molecule has 0 radical (unpaired) electrons. The smallest absolute Gasteiger partial charge is 0.328 e. The summed E-state index contributed by atoms with van der Waals surface area (Å²) in [7, 11) is -3.63. The van der Waals surface area contributed by atoms with Crippen molar-refractivity contribution in [2.75, 3.05) is 13.1 Å². The average molecular weight is 471 g/mol. The maximum absolute atomic E-state index is 13.1. The molecule has 0 unspecified atom stereocenters. The van der Waals surface area contributed by atoms with Crippen LogP contribution in [-0.4, -0.2) is 41.3 Å². The second-order valence-corrected chi connectivity index (χ2v) is 9.93. The number of sulfonamides is 1. The predicted molar refractivity (Wildman–Crippen MR) is 124 cm³/mol. The van der Waals surface area contributed by atoms with Gasteiger partial charge in [-0.1, -0.05) is 36.8 Å². The van der Waals surface area contributed by atoms with E-state index in [4.69, 9.17) is 0 Å². The van der Waals surface area contributed by atoms with Gasteiger partial charge in [0.15, 0.2) is 0 Å². The number of amides is 1. The number of nitrogens with zero attached hydrogens (tertiary/aromatic N) is 2. The van der Waals surface area contributed by atoms with Gasteiger partial charge in [-0.25, -0.2) is 13.2 Å². The molecule has 0 aliphatic carbocycles. The summed E-state index contributed by atoms with van der Waals surface area (Å²) in [5, 5.41) is 3.12. The first kappa shape index (κ1) is 22.9. The number of fused-ring (bicyclic) bond motifs is 1. The van der Waals surface area contributed by atoms with Gasteiger partial charge in [0.2, 0.25) is 15.9 Å². The number of H-pyrrole nitrogens is 1. The average Bonchev–Trinajstić information content (AvgIpc) is 2.83.